The van der Waals surface area contributed by atoms with Crippen molar-refractivity contribution >= 4 is 22.8 Å². The Kier molecular flexibility index (Phi) is 7.49. The van der Waals surface area contributed by atoms with E-state index < -0.39 is 0 Å². The Labute approximate surface area is 241 Å². The van der Waals surface area contributed by atoms with Crippen molar-refractivity contribution in [3.05, 3.63) is 78.8 Å². The van der Waals surface area contributed by atoms with Crippen molar-refractivity contribution in [3.8, 4) is 22.6 Å². The zero-order chi connectivity index (χ0) is 28.5. The first-order valence-electron chi connectivity index (χ1n) is 14.5. The second kappa shape index (κ2) is 11.4. The minimum Gasteiger partial charge on any atom is -0.457 e. The zero-order valence-electron chi connectivity index (χ0n) is 24.0. The maximum Gasteiger partial charge on any atom is 0.246 e. The van der Waals surface area contributed by atoms with Gasteiger partial charge in [-0.3, -0.25) is 9.69 Å². The molecule has 2 aromatic carbocycles. The maximum atomic E-state index is 13.1. The van der Waals surface area contributed by atoms with Crippen LogP contribution in [-0.4, -0.2) is 63.0 Å². The molecule has 1 aliphatic heterocycles. The van der Waals surface area contributed by atoms with E-state index in [9.17, 15) is 4.79 Å². The summed E-state index contributed by atoms with van der Waals surface area (Å²) < 4.78 is 8.35. The van der Waals surface area contributed by atoms with Gasteiger partial charge in [0.05, 0.1) is 11.4 Å². The molecule has 4 aromatic rings. The maximum absolute atomic E-state index is 13.1. The molecule has 2 aliphatic rings. The highest BCUT2D eigenvalue weighted by molar-refractivity contribution is 6.02. The summed E-state index contributed by atoms with van der Waals surface area (Å²) in [5, 5.41) is 0.862. The van der Waals surface area contributed by atoms with Crippen LogP contribution in [0.4, 0.5) is 5.82 Å². The lowest BCUT2D eigenvalue weighted by Crippen LogP contribution is -2.28. The van der Waals surface area contributed by atoms with Crippen LogP contribution in [0, 0.1) is 0 Å². The molecule has 1 saturated carbocycles. The molecule has 1 unspecified atom stereocenters. The van der Waals surface area contributed by atoms with Gasteiger partial charge in [-0.25, -0.2) is 9.97 Å². The van der Waals surface area contributed by atoms with Crippen LogP contribution >= 0.6 is 0 Å². The predicted molar refractivity (Wildman–Crippen MR) is 163 cm³/mol. The third-order valence-corrected chi connectivity index (χ3v) is 8.18. The number of fused-ring (bicyclic) bond motifs is 1. The number of aromatic nitrogens is 3. The van der Waals surface area contributed by atoms with Crippen LogP contribution in [0.3, 0.4) is 0 Å². The van der Waals surface area contributed by atoms with Crippen molar-refractivity contribution in [1.29, 1.82) is 0 Å². The predicted octanol–water partition coefficient (Wildman–Crippen LogP) is 6.02. The molecule has 3 heterocycles. The molecule has 0 bridgehead atoms. The highest BCUT2D eigenvalue weighted by Crippen LogP contribution is 2.43. The molecule has 1 saturated heterocycles. The van der Waals surface area contributed by atoms with E-state index in [0.717, 1.165) is 52.3 Å². The number of hydrogen-bond acceptors (Lipinski definition) is 6. The van der Waals surface area contributed by atoms with Gasteiger partial charge in [0.15, 0.2) is 0 Å². The first-order chi connectivity index (χ1) is 19.9. The lowest BCUT2D eigenvalue weighted by molar-refractivity contribution is -0.125. The molecule has 1 aliphatic carbocycles. The fourth-order valence-electron chi connectivity index (χ4n) is 5.96. The van der Waals surface area contributed by atoms with E-state index in [1.165, 1.54) is 19.2 Å². The Hall–Kier alpha value is -4.17. The van der Waals surface area contributed by atoms with Crippen LogP contribution in [0.2, 0.25) is 0 Å². The molecule has 8 nitrogen and oxygen atoms in total. The molecule has 0 radical (unpaired) electrons. The van der Waals surface area contributed by atoms with Gasteiger partial charge in [-0.05, 0) is 62.1 Å². The third kappa shape index (κ3) is 5.57. The lowest BCUT2D eigenvalue weighted by atomic mass is 9.97. The number of hydrogen-bond donors (Lipinski definition) is 1. The summed E-state index contributed by atoms with van der Waals surface area (Å²) in [6.45, 7) is 6.55. The number of nitrogens with two attached hydrogens (primary N) is 1. The molecule has 8 heteroatoms. The first-order valence-corrected chi connectivity index (χ1v) is 14.5. The number of likely N-dealkylation sites (tertiary alicyclic amines) is 1. The number of benzene rings is 2. The van der Waals surface area contributed by atoms with Gasteiger partial charge in [0, 0.05) is 43.0 Å². The van der Waals surface area contributed by atoms with Crippen LogP contribution in [-0.2, 0) is 4.79 Å². The molecule has 2 N–H and O–H groups in total. The Morgan fingerprint density at radius 3 is 2.51 bits per heavy atom. The molecule has 2 fully saturated rings. The van der Waals surface area contributed by atoms with Gasteiger partial charge in [-0.1, -0.05) is 50.3 Å². The van der Waals surface area contributed by atoms with E-state index in [1.807, 2.05) is 53.4 Å². The van der Waals surface area contributed by atoms with Gasteiger partial charge in [-0.15, -0.1) is 0 Å². The number of rotatable bonds is 9. The summed E-state index contributed by atoms with van der Waals surface area (Å²) in [7, 11) is 2.12. The van der Waals surface area contributed by atoms with Crippen LogP contribution < -0.4 is 10.5 Å². The molecular formula is C33H38N6O2. The summed E-state index contributed by atoms with van der Waals surface area (Å²) in [6, 6.07) is 18.7. The number of para-hydroxylation sites is 1. The van der Waals surface area contributed by atoms with Crippen molar-refractivity contribution in [2.45, 2.75) is 51.1 Å². The van der Waals surface area contributed by atoms with Crippen LogP contribution in [0.1, 0.15) is 50.8 Å². The average molecular weight is 551 g/mol. The summed E-state index contributed by atoms with van der Waals surface area (Å²) in [4.78, 5) is 26.4. The lowest BCUT2D eigenvalue weighted by Gasteiger charge is -2.21. The van der Waals surface area contributed by atoms with Crippen LogP contribution in [0.15, 0.2) is 73.1 Å². The topological polar surface area (TPSA) is 89.5 Å². The number of carbonyl (C=O) groups excluding carboxylic acids is 1. The van der Waals surface area contributed by atoms with E-state index >= 15 is 0 Å². The number of nitrogen functional groups attached to an aromatic ring is 1. The minimum absolute atomic E-state index is 0.0719. The monoisotopic (exact) mass is 550 g/mol. The number of carbonyl (C=O) groups is 1. The quantitative estimate of drug-likeness (QED) is 0.256. The van der Waals surface area contributed by atoms with Crippen molar-refractivity contribution in [3.63, 3.8) is 0 Å². The van der Waals surface area contributed by atoms with Crippen LogP contribution in [0.5, 0.6) is 11.5 Å². The smallest absolute Gasteiger partial charge is 0.246 e. The molecule has 1 amide bonds. The van der Waals surface area contributed by atoms with Crippen LogP contribution in [0.25, 0.3) is 22.2 Å². The van der Waals surface area contributed by atoms with Crippen molar-refractivity contribution in [1.82, 2.24) is 24.3 Å². The average Bonchev–Trinajstić information content (AvgIpc) is 3.60. The summed E-state index contributed by atoms with van der Waals surface area (Å²) in [6.07, 6.45) is 8.65. The summed E-state index contributed by atoms with van der Waals surface area (Å²) in [5.41, 5.74) is 10.6. The third-order valence-electron chi connectivity index (χ3n) is 8.18. The number of ether oxygens (including phenoxy) is 1. The molecule has 6 rings (SSSR count). The fraction of sp³-hybridized carbons (Fsp3) is 0.364. The molecule has 0 spiro atoms. The molecule has 1 atom stereocenters. The molecule has 41 heavy (non-hydrogen) atoms. The SMILES string of the molecule is CC(C)c1c(-c2ccc(Oc3ccccc3)cc2)c2c(N)ncnc2n1C1CCN(C(=O)/C=C/CN(C)C2CC2)C1. The Morgan fingerprint density at radius 2 is 1.80 bits per heavy atom. The van der Waals surface area contributed by atoms with Crippen molar-refractivity contribution < 1.29 is 9.53 Å². The van der Waals surface area contributed by atoms with E-state index in [2.05, 4.69) is 47.5 Å². The van der Waals surface area contributed by atoms with Crippen molar-refractivity contribution in [2.24, 2.45) is 0 Å². The summed E-state index contributed by atoms with van der Waals surface area (Å²) >= 11 is 0. The van der Waals surface area contributed by atoms with E-state index in [-0.39, 0.29) is 17.9 Å². The fourth-order valence-corrected chi connectivity index (χ4v) is 5.96. The number of nitrogens with zero attached hydrogens (tertiary/aromatic N) is 5. The number of amides is 1. The van der Waals surface area contributed by atoms with E-state index in [1.54, 1.807) is 6.08 Å². The first kappa shape index (κ1) is 27.0. The molecular weight excluding hydrogens is 512 g/mol. The van der Waals surface area contributed by atoms with Gasteiger partial charge in [0.1, 0.15) is 29.3 Å². The highest BCUT2D eigenvalue weighted by atomic mass is 16.5. The Morgan fingerprint density at radius 1 is 1.07 bits per heavy atom. The second-order valence-electron chi connectivity index (χ2n) is 11.5. The van der Waals surface area contributed by atoms with E-state index in [4.69, 9.17) is 15.5 Å². The highest BCUT2D eigenvalue weighted by Gasteiger charge is 2.33. The normalized spacial score (nSPS) is 17.4. The summed E-state index contributed by atoms with van der Waals surface area (Å²) in [5.74, 6) is 2.29. The van der Waals surface area contributed by atoms with Gasteiger partial charge in [0.25, 0.3) is 0 Å². The van der Waals surface area contributed by atoms with Gasteiger partial charge < -0.3 is 19.9 Å². The molecule has 2 aromatic heterocycles. The standard InChI is InChI=1S/C33H38N6O2/c1-22(2)31-29(23-11-15-27(16-12-23)41-26-8-5-4-6-9-26)30-32(34)35-21-36-33(30)39(31)25-17-19-38(20-25)28(40)10-7-18-37(3)24-13-14-24/h4-12,15-16,21-22,24-25H,13-14,17-20H2,1-3H3,(H2,34,35,36)/b10-7+. The largest absolute Gasteiger partial charge is 0.457 e. The Balaban J connectivity index is 1.30. The van der Waals surface area contributed by atoms with Gasteiger partial charge >= 0.3 is 0 Å². The number of anilines is 1. The Bertz CT molecular complexity index is 1560. The zero-order valence-corrected chi connectivity index (χ0v) is 24.0. The molecule has 212 valence electrons. The van der Waals surface area contributed by atoms with Gasteiger partial charge in [0.2, 0.25) is 5.91 Å². The number of likely N-dealkylation sites (N-methyl/N-ethyl adjacent to an activating group) is 1. The van der Waals surface area contributed by atoms with Gasteiger partial charge in [-0.2, -0.15) is 0 Å². The second-order valence-corrected chi connectivity index (χ2v) is 11.5. The minimum atomic E-state index is 0.0719. The van der Waals surface area contributed by atoms with Crippen molar-refractivity contribution in [2.75, 3.05) is 32.4 Å². The van der Waals surface area contributed by atoms with E-state index in [0.29, 0.717) is 24.9 Å².